The Labute approximate surface area is 82.2 Å². The molecule has 0 aliphatic heterocycles. The normalized spacial score (nSPS) is 10.5. The predicted octanol–water partition coefficient (Wildman–Crippen LogP) is 2.98. The van der Waals surface area contributed by atoms with E-state index in [-0.39, 0.29) is 11.7 Å². The van der Waals surface area contributed by atoms with Crippen molar-refractivity contribution in [1.29, 1.82) is 0 Å². The maximum Gasteiger partial charge on any atom is 0.154 e. The summed E-state index contributed by atoms with van der Waals surface area (Å²) in [4.78, 5) is 10.7. The molecule has 0 aromatic heterocycles. The molecule has 3 heteroatoms. The van der Waals surface area contributed by atoms with Crippen LogP contribution in [0.4, 0.5) is 0 Å². The topological polar surface area (TPSA) is 37.3 Å². The number of phenolic OH excluding ortho intramolecular Hbond substituents is 1. The van der Waals surface area contributed by atoms with E-state index in [0.29, 0.717) is 16.9 Å². The number of hydrogen-bond donors (Lipinski definition) is 1. The Morgan fingerprint density at radius 3 is 2.54 bits per heavy atom. The van der Waals surface area contributed by atoms with E-state index in [2.05, 4.69) is 0 Å². The molecule has 0 radical (unpaired) electrons. The van der Waals surface area contributed by atoms with Crippen molar-refractivity contribution >= 4 is 17.9 Å². The van der Waals surface area contributed by atoms with Crippen molar-refractivity contribution in [2.45, 2.75) is 19.8 Å². The number of carbonyl (C=O) groups is 1. The Bertz CT molecular complexity index is 332. The van der Waals surface area contributed by atoms with Crippen molar-refractivity contribution < 1.29 is 9.90 Å². The molecule has 0 bridgehead atoms. The third kappa shape index (κ3) is 2.01. The summed E-state index contributed by atoms with van der Waals surface area (Å²) in [6.45, 7) is 3.89. The minimum atomic E-state index is -0.0498. The van der Waals surface area contributed by atoms with Crippen LogP contribution >= 0.6 is 11.6 Å². The first-order chi connectivity index (χ1) is 6.06. The summed E-state index contributed by atoms with van der Waals surface area (Å²) in [7, 11) is 0. The summed E-state index contributed by atoms with van der Waals surface area (Å²) < 4.78 is 0. The zero-order chi connectivity index (χ0) is 10.0. The first kappa shape index (κ1) is 10.1. The second-order valence-corrected chi connectivity index (χ2v) is 3.64. The van der Waals surface area contributed by atoms with Crippen LogP contribution in [0.1, 0.15) is 35.7 Å². The number of phenols is 1. The van der Waals surface area contributed by atoms with Crippen LogP contribution in [0, 0.1) is 0 Å². The van der Waals surface area contributed by atoms with Crippen LogP contribution in [0.25, 0.3) is 0 Å². The number of rotatable bonds is 2. The molecule has 1 aromatic carbocycles. The first-order valence-corrected chi connectivity index (χ1v) is 4.41. The van der Waals surface area contributed by atoms with Gasteiger partial charge in [-0.05, 0) is 23.6 Å². The minimum Gasteiger partial charge on any atom is -0.507 e. The van der Waals surface area contributed by atoms with Crippen LogP contribution in [0.3, 0.4) is 0 Å². The molecule has 0 aliphatic carbocycles. The van der Waals surface area contributed by atoms with Crippen LogP contribution in [0.15, 0.2) is 12.1 Å². The molecule has 0 atom stereocenters. The average Bonchev–Trinajstić information content (AvgIpc) is 2.02. The van der Waals surface area contributed by atoms with Crippen molar-refractivity contribution in [1.82, 2.24) is 0 Å². The van der Waals surface area contributed by atoms with Crippen LogP contribution < -0.4 is 0 Å². The lowest BCUT2D eigenvalue weighted by atomic mass is 9.97. The highest BCUT2D eigenvalue weighted by molar-refractivity contribution is 6.31. The Hall–Kier alpha value is -1.02. The van der Waals surface area contributed by atoms with Gasteiger partial charge in [-0.2, -0.15) is 0 Å². The molecule has 2 nitrogen and oxygen atoms in total. The second kappa shape index (κ2) is 3.79. The van der Waals surface area contributed by atoms with E-state index in [9.17, 15) is 9.90 Å². The predicted molar refractivity (Wildman–Crippen MR) is 52.6 cm³/mol. The van der Waals surface area contributed by atoms with Crippen LogP contribution in [-0.2, 0) is 0 Å². The van der Waals surface area contributed by atoms with Crippen molar-refractivity contribution in [2.24, 2.45) is 0 Å². The Morgan fingerprint density at radius 2 is 2.08 bits per heavy atom. The highest BCUT2D eigenvalue weighted by Gasteiger charge is 2.11. The molecule has 0 fully saturated rings. The van der Waals surface area contributed by atoms with E-state index in [4.69, 9.17) is 11.6 Å². The number of halogens is 1. The van der Waals surface area contributed by atoms with E-state index in [1.54, 1.807) is 6.07 Å². The van der Waals surface area contributed by atoms with Crippen molar-refractivity contribution in [2.75, 3.05) is 0 Å². The molecule has 0 unspecified atom stereocenters. The lowest BCUT2D eigenvalue weighted by Crippen LogP contribution is -1.95. The number of hydrogen-bond acceptors (Lipinski definition) is 2. The van der Waals surface area contributed by atoms with Crippen LogP contribution in [0.2, 0.25) is 5.02 Å². The molecular formula is C10H11ClO2. The largest absolute Gasteiger partial charge is 0.507 e. The van der Waals surface area contributed by atoms with Gasteiger partial charge in [0.05, 0.1) is 5.56 Å². The minimum absolute atomic E-state index is 0.0498. The zero-order valence-corrected chi connectivity index (χ0v) is 8.30. The fraction of sp³-hybridized carbons (Fsp3) is 0.300. The molecule has 1 aromatic rings. The SMILES string of the molecule is CC(C)c1cc(Cl)cc(O)c1C=O. The van der Waals surface area contributed by atoms with Gasteiger partial charge in [-0.25, -0.2) is 0 Å². The Balaban J connectivity index is 3.38. The monoisotopic (exact) mass is 198 g/mol. The van der Waals surface area contributed by atoms with Gasteiger partial charge in [0.25, 0.3) is 0 Å². The quantitative estimate of drug-likeness (QED) is 0.742. The molecule has 1 N–H and O–H groups in total. The third-order valence-corrected chi connectivity index (χ3v) is 2.11. The fourth-order valence-electron chi connectivity index (χ4n) is 1.23. The number of aromatic hydroxyl groups is 1. The maximum absolute atomic E-state index is 10.7. The first-order valence-electron chi connectivity index (χ1n) is 4.04. The molecule has 0 saturated carbocycles. The van der Waals surface area contributed by atoms with Gasteiger partial charge in [-0.3, -0.25) is 4.79 Å². The van der Waals surface area contributed by atoms with Crippen LogP contribution in [0.5, 0.6) is 5.75 Å². The van der Waals surface area contributed by atoms with E-state index < -0.39 is 0 Å². The molecule has 0 amide bonds. The molecule has 0 aliphatic rings. The molecule has 0 spiro atoms. The van der Waals surface area contributed by atoms with E-state index >= 15 is 0 Å². The van der Waals surface area contributed by atoms with Gasteiger partial charge in [0.15, 0.2) is 6.29 Å². The summed E-state index contributed by atoms with van der Waals surface area (Å²) in [6.07, 6.45) is 0.654. The summed E-state index contributed by atoms with van der Waals surface area (Å²) in [5.41, 5.74) is 1.11. The number of carbonyl (C=O) groups excluding carboxylic acids is 1. The smallest absolute Gasteiger partial charge is 0.154 e. The standard InChI is InChI=1S/C10H11ClO2/c1-6(2)8-3-7(11)4-10(13)9(8)5-12/h3-6,13H,1-2H3. The summed E-state index contributed by atoms with van der Waals surface area (Å²) in [5.74, 6) is 0.121. The summed E-state index contributed by atoms with van der Waals surface area (Å²) in [5, 5.41) is 9.86. The summed E-state index contributed by atoms with van der Waals surface area (Å²) >= 11 is 5.75. The molecule has 70 valence electrons. The van der Waals surface area contributed by atoms with E-state index in [1.807, 2.05) is 13.8 Å². The second-order valence-electron chi connectivity index (χ2n) is 3.20. The van der Waals surface area contributed by atoms with E-state index in [1.165, 1.54) is 6.07 Å². The van der Waals surface area contributed by atoms with Gasteiger partial charge in [0, 0.05) is 5.02 Å². The fourth-order valence-corrected chi connectivity index (χ4v) is 1.45. The lowest BCUT2D eigenvalue weighted by Gasteiger charge is -2.10. The van der Waals surface area contributed by atoms with Crippen LogP contribution in [-0.4, -0.2) is 11.4 Å². The highest BCUT2D eigenvalue weighted by Crippen LogP contribution is 2.29. The maximum atomic E-state index is 10.7. The van der Waals surface area contributed by atoms with Gasteiger partial charge in [-0.15, -0.1) is 0 Å². The third-order valence-electron chi connectivity index (χ3n) is 1.89. The van der Waals surface area contributed by atoms with Crippen molar-refractivity contribution in [3.63, 3.8) is 0 Å². The number of benzene rings is 1. The summed E-state index contributed by atoms with van der Waals surface area (Å²) in [6, 6.07) is 3.08. The average molecular weight is 199 g/mol. The molecule has 0 saturated heterocycles. The van der Waals surface area contributed by atoms with Crippen molar-refractivity contribution in [3.8, 4) is 5.75 Å². The zero-order valence-electron chi connectivity index (χ0n) is 7.54. The molecule has 1 rings (SSSR count). The molecule has 13 heavy (non-hydrogen) atoms. The molecular weight excluding hydrogens is 188 g/mol. The van der Waals surface area contributed by atoms with Crippen molar-refractivity contribution in [3.05, 3.63) is 28.3 Å². The van der Waals surface area contributed by atoms with Gasteiger partial charge < -0.3 is 5.11 Å². The van der Waals surface area contributed by atoms with Gasteiger partial charge in [-0.1, -0.05) is 25.4 Å². The number of aldehydes is 1. The Kier molecular flexibility index (Phi) is 2.94. The molecule has 0 heterocycles. The Morgan fingerprint density at radius 1 is 1.46 bits per heavy atom. The lowest BCUT2D eigenvalue weighted by molar-refractivity contribution is 0.112. The van der Waals surface area contributed by atoms with Gasteiger partial charge in [0.1, 0.15) is 5.75 Å². The van der Waals surface area contributed by atoms with E-state index in [0.717, 1.165) is 5.56 Å². The van der Waals surface area contributed by atoms with Gasteiger partial charge >= 0.3 is 0 Å². The highest BCUT2D eigenvalue weighted by atomic mass is 35.5. The van der Waals surface area contributed by atoms with Gasteiger partial charge in [0.2, 0.25) is 0 Å².